The van der Waals surface area contributed by atoms with Crippen molar-refractivity contribution in [2.45, 2.75) is 31.7 Å². The van der Waals surface area contributed by atoms with Crippen LogP contribution in [0, 0.1) is 0 Å². The first-order valence-electron chi connectivity index (χ1n) is 5.81. The van der Waals surface area contributed by atoms with E-state index in [1.165, 1.54) is 5.56 Å². The standard InChI is InChI=1S/C13H20ClNOS/c1-10(2)15-13(7-16)9-17-8-11-3-5-12(14)6-4-11/h3-6,10,13,15-16H,7-9H2,1-2H3. The molecule has 4 heteroatoms. The van der Waals surface area contributed by atoms with Crippen LogP contribution in [0.2, 0.25) is 5.02 Å². The fourth-order valence-corrected chi connectivity index (χ4v) is 2.68. The third-order valence-electron chi connectivity index (χ3n) is 2.29. The van der Waals surface area contributed by atoms with Crippen molar-refractivity contribution < 1.29 is 5.11 Å². The molecule has 0 fully saturated rings. The molecule has 2 nitrogen and oxygen atoms in total. The van der Waals surface area contributed by atoms with Gasteiger partial charge >= 0.3 is 0 Å². The molecule has 0 bridgehead atoms. The molecule has 0 radical (unpaired) electrons. The van der Waals surface area contributed by atoms with Gasteiger partial charge in [-0.05, 0) is 17.7 Å². The van der Waals surface area contributed by atoms with Gasteiger partial charge in [-0.2, -0.15) is 11.8 Å². The summed E-state index contributed by atoms with van der Waals surface area (Å²) in [5.74, 6) is 1.87. The Morgan fingerprint density at radius 2 is 1.94 bits per heavy atom. The highest BCUT2D eigenvalue weighted by Gasteiger charge is 2.08. The van der Waals surface area contributed by atoms with Crippen molar-refractivity contribution in [2.24, 2.45) is 0 Å². The van der Waals surface area contributed by atoms with Gasteiger partial charge in [0.2, 0.25) is 0 Å². The molecule has 0 saturated carbocycles. The van der Waals surface area contributed by atoms with Gasteiger partial charge in [-0.3, -0.25) is 0 Å². The summed E-state index contributed by atoms with van der Waals surface area (Å²) in [6, 6.07) is 8.48. The lowest BCUT2D eigenvalue weighted by Crippen LogP contribution is -2.39. The van der Waals surface area contributed by atoms with Crippen LogP contribution >= 0.6 is 23.4 Å². The molecule has 1 unspecified atom stereocenters. The third-order valence-corrected chi connectivity index (χ3v) is 3.72. The Morgan fingerprint density at radius 1 is 1.29 bits per heavy atom. The Bertz CT molecular complexity index is 316. The van der Waals surface area contributed by atoms with Gasteiger partial charge in [-0.15, -0.1) is 0 Å². The average molecular weight is 274 g/mol. The predicted octanol–water partition coefficient (Wildman–Crippen LogP) is 2.93. The van der Waals surface area contributed by atoms with Crippen LogP contribution < -0.4 is 5.32 Å². The molecule has 1 aromatic carbocycles. The fourth-order valence-electron chi connectivity index (χ4n) is 1.52. The van der Waals surface area contributed by atoms with Crippen LogP contribution in [-0.4, -0.2) is 29.5 Å². The number of nitrogens with one attached hydrogen (secondary N) is 1. The van der Waals surface area contributed by atoms with E-state index in [2.05, 4.69) is 19.2 Å². The molecule has 0 aliphatic carbocycles. The van der Waals surface area contributed by atoms with Gasteiger partial charge in [0.1, 0.15) is 0 Å². The zero-order chi connectivity index (χ0) is 12.7. The molecule has 0 aliphatic heterocycles. The number of aliphatic hydroxyl groups excluding tert-OH is 1. The maximum Gasteiger partial charge on any atom is 0.0592 e. The second-order valence-corrected chi connectivity index (χ2v) is 5.81. The number of thioether (sulfide) groups is 1. The number of halogens is 1. The quantitative estimate of drug-likeness (QED) is 0.801. The summed E-state index contributed by atoms with van der Waals surface area (Å²) in [6.07, 6.45) is 0. The Kier molecular flexibility index (Phi) is 6.97. The summed E-state index contributed by atoms with van der Waals surface area (Å²) in [7, 11) is 0. The Labute approximate surface area is 113 Å². The largest absolute Gasteiger partial charge is 0.395 e. The van der Waals surface area contributed by atoms with Crippen LogP contribution in [-0.2, 0) is 5.75 Å². The van der Waals surface area contributed by atoms with Gasteiger partial charge in [0, 0.05) is 28.6 Å². The second kappa shape index (κ2) is 7.98. The van der Waals surface area contributed by atoms with Gasteiger partial charge in [-0.25, -0.2) is 0 Å². The van der Waals surface area contributed by atoms with Crippen molar-refractivity contribution in [3.63, 3.8) is 0 Å². The van der Waals surface area contributed by atoms with E-state index in [-0.39, 0.29) is 12.6 Å². The van der Waals surface area contributed by atoms with Crippen molar-refractivity contribution in [3.05, 3.63) is 34.9 Å². The van der Waals surface area contributed by atoms with Gasteiger partial charge in [-0.1, -0.05) is 37.6 Å². The molecule has 0 aliphatic rings. The Morgan fingerprint density at radius 3 is 2.47 bits per heavy atom. The van der Waals surface area contributed by atoms with E-state index >= 15 is 0 Å². The molecule has 0 spiro atoms. The summed E-state index contributed by atoms with van der Waals surface area (Å²) in [4.78, 5) is 0. The highest BCUT2D eigenvalue weighted by atomic mass is 35.5. The average Bonchev–Trinajstić information content (AvgIpc) is 2.30. The van der Waals surface area contributed by atoms with E-state index in [4.69, 9.17) is 11.6 Å². The van der Waals surface area contributed by atoms with Crippen LogP contribution in [0.25, 0.3) is 0 Å². The molecule has 2 N–H and O–H groups in total. The SMILES string of the molecule is CC(C)NC(CO)CSCc1ccc(Cl)cc1. The summed E-state index contributed by atoms with van der Waals surface area (Å²) in [5.41, 5.74) is 1.26. The molecule has 0 amide bonds. The van der Waals surface area contributed by atoms with Gasteiger partial charge in [0.25, 0.3) is 0 Å². The molecule has 0 aromatic heterocycles. The lowest BCUT2D eigenvalue weighted by atomic mass is 10.2. The molecular weight excluding hydrogens is 254 g/mol. The van der Waals surface area contributed by atoms with E-state index in [1.54, 1.807) is 0 Å². The maximum absolute atomic E-state index is 9.22. The minimum absolute atomic E-state index is 0.173. The number of hydrogen-bond acceptors (Lipinski definition) is 3. The zero-order valence-corrected chi connectivity index (χ0v) is 11.9. The topological polar surface area (TPSA) is 32.3 Å². The third kappa shape index (κ3) is 6.32. The first-order valence-corrected chi connectivity index (χ1v) is 7.34. The monoisotopic (exact) mass is 273 g/mol. The smallest absolute Gasteiger partial charge is 0.0592 e. The minimum Gasteiger partial charge on any atom is -0.395 e. The summed E-state index contributed by atoms with van der Waals surface area (Å²) < 4.78 is 0. The van der Waals surface area contributed by atoms with E-state index in [0.717, 1.165) is 16.5 Å². The first-order chi connectivity index (χ1) is 8.11. The van der Waals surface area contributed by atoms with Crippen LogP contribution in [0.1, 0.15) is 19.4 Å². The maximum atomic E-state index is 9.22. The number of aliphatic hydroxyl groups is 1. The van der Waals surface area contributed by atoms with Gasteiger partial charge in [0.05, 0.1) is 6.61 Å². The van der Waals surface area contributed by atoms with E-state index in [9.17, 15) is 5.11 Å². The Hall–Kier alpha value is -0.220. The van der Waals surface area contributed by atoms with Gasteiger partial charge < -0.3 is 10.4 Å². The van der Waals surface area contributed by atoms with Crippen LogP contribution in [0.5, 0.6) is 0 Å². The lowest BCUT2D eigenvalue weighted by molar-refractivity contribution is 0.247. The fraction of sp³-hybridized carbons (Fsp3) is 0.538. The Balaban J connectivity index is 2.28. The molecule has 1 rings (SSSR count). The molecular formula is C13H20ClNOS. The summed E-state index contributed by atoms with van der Waals surface area (Å²) >= 11 is 7.65. The molecule has 1 aromatic rings. The van der Waals surface area contributed by atoms with Crippen molar-refractivity contribution in [3.8, 4) is 0 Å². The van der Waals surface area contributed by atoms with Crippen LogP contribution in [0.4, 0.5) is 0 Å². The second-order valence-electron chi connectivity index (χ2n) is 4.34. The highest BCUT2D eigenvalue weighted by Crippen LogP contribution is 2.16. The zero-order valence-electron chi connectivity index (χ0n) is 10.3. The van der Waals surface area contributed by atoms with Crippen molar-refractivity contribution in [1.29, 1.82) is 0 Å². The molecule has 1 atom stereocenters. The summed E-state index contributed by atoms with van der Waals surface area (Å²) in [5, 5.41) is 13.3. The molecule has 96 valence electrons. The number of rotatable bonds is 7. The van der Waals surface area contributed by atoms with E-state index in [1.807, 2.05) is 36.0 Å². The van der Waals surface area contributed by atoms with Crippen LogP contribution in [0.15, 0.2) is 24.3 Å². The van der Waals surface area contributed by atoms with E-state index < -0.39 is 0 Å². The first kappa shape index (κ1) is 14.8. The van der Waals surface area contributed by atoms with Crippen molar-refractivity contribution in [2.75, 3.05) is 12.4 Å². The number of hydrogen-bond donors (Lipinski definition) is 2. The van der Waals surface area contributed by atoms with Crippen molar-refractivity contribution >= 4 is 23.4 Å². The van der Waals surface area contributed by atoms with Crippen LogP contribution in [0.3, 0.4) is 0 Å². The predicted molar refractivity (Wildman–Crippen MR) is 76.8 cm³/mol. The molecule has 0 heterocycles. The highest BCUT2D eigenvalue weighted by molar-refractivity contribution is 7.98. The van der Waals surface area contributed by atoms with Crippen molar-refractivity contribution in [1.82, 2.24) is 5.32 Å². The minimum atomic E-state index is 0.173. The lowest BCUT2D eigenvalue weighted by Gasteiger charge is -2.18. The van der Waals surface area contributed by atoms with Gasteiger partial charge in [0.15, 0.2) is 0 Å². The normalized spacial score (nSPS) is 13.0. The molecule has 17 heavy (non-hydrogen) atoms. The molecule has 0 saturated heterocycles. The van der Waals surface area contributed by atoms with E-state index in [0.29, 0.717) is 6.04 Å². The number of benzene rings is 1. The summed E-state index contributed by atoms with van der Waals surface area (Å²) in [6.45, 7) is 4.37.